The molecule has 2 saturated heterocycles. The minimum Gasteiger partial charge on any atom is -0.481 e. The maximum atomic E-state index is 12.8. The van der Waals surface area contributed by atoms with E-state index in [0.717, 1.165) is 11.3 Å². The summed E-state index contributed by atoms with van der Waals surface area (Å²) in [7, 11) is 3.96. The lowest BCUT2D eigenvalue weighted by atomic mass is 9.77. The smallest absolute Gasteiger partial charge is 0.310 e. The lowest BCUT2D eigenvalue weighted by molar-refractivity contribution is -0.148. The normalized spacial score (nSPS) is 33.2. The second-order valence-electron chi connectivity index (χ2n) is 6.99. The Morgan fingerprint density at radius 3 is 2.71 bits per heavy atom. The Kier molecular flexibility index (Phi) is 3.22. The number of carboxylic acids is 1. The molecule has 4 atom stereocenters. The lowest BCUT2D eigenvalue weighted by Gasteiger charge is -2.21. The zero-order valence-electron chi connectivity index (χ0n) is 13.7. The van der Waals surface area contributed by atoms with Gasteiger partial charge in [-0.2, -0.15) is 0 Å². The molecule has 3 aliphatic rings. The minimum atomic E-state index is -0.957. The fourth-order valence-corrected chi connectivity index (χ4v) is 4.11. The molecule has 0 radical (unpaired) electrons. The zero-order valence-corrected chi connectivity index (χ0v) is 13.7. The zero-order chi connectivity index (χ0) is 17.1. The van der Waals surface area contributed by atoms with Gasteiger partial charge in [0.15, 0.2) is 0 Å². The molecule has 1 N–H and O–H groups in total. The lowest BCUT2D eigenvalue weighted by Crippen LogP contribution is -2.39. The number of benzene rings is 1. The van der Waals surface area contributed by atoms with Crippen LogP contribution in [0, 0.1) is 11.8 Å². The van der Waals surface area contributed by atoms with Crippen molar-refractivity contribution in [1.29, 1.82) is 0 Å². The number of ether oxygens (including phenoxy) is 1. The predicted molar refractivity (Wildman–Crippen MR) is 87.5 cm³/mol. The first-order valence-electron chi connectivity index (χ1n) is 8.06. The summed E-state index contributed by atoms with van der Waals surface area (Å²) in [6, 6.07) is 8.02. The van der Waals surface area contributed by atoms with Gasteiger partial charge in [0.2, 0.25) is 5.91 Å². The Morgan fingerprint density at radius 2 is 2.08 bits per heavy atom. The van der Waals surface area contributed by atoms with Crippen LogP contribution in [0.5, 0.6) is 0 Å². The number of anilines is 1. The molecule has 1 aromatic rings. The Bertz CT molecular complexity index is 727. The predicted octanol–water partition coefficient (Wildman–Crippen LogP) is 1.12. The number of aliphatic carboxylic acids is 1. The van der Waals surface area contributed by atoms with Crippen LogP contribution in [-0.4, -0.2) is 54.2 Å². The van der Waals surface area contributed by atoms with Crippen molar-refractivity contribution in [1.82, 2.24) is 4.90 Å². The van der Waals surface area contributed by atoms with E-state index in [1.807, 2.05) is 49.3 Å². The van der Waals surface area contributed by atoms with Crippen LogP contribution < -0.4 is 4.90 Å². The molecule has 3 aliphatic heterocycles. The highest BCUT2D eigenvalue weighted by atomic mass is 16.5. The first-order chi connectivity index (χ1) is 11.4. The van der Waals surface area contributed by atoms with Gasteiger partial charge in [-0.1, -0.05) is 24.3 Å². The van der Waals surface area contributed by atoms with Crippen LogP contribution in [0.25, 0.3) is 0 Å². The molecule has 1 aromatic carbocycles. The highest BCUT2D eigenvalue weighted by Crippen LogP contribution is 2.52. The average Bonchev–Trinajstić information content (AvgIpc) is 3.16. The first kappa shape index (κ1) is 15.2. The maximum absolute atomic E-state index is 12.8. The largest absolute Gasteiger partial charge is 0.481 e. The number of likely N-dealkylation sites (tertiary alicyclic amines) is 1. The highest BCUT2D eigenvalue weighted by Gasteiger charge is 2.66. The summed E-state index contributed by atoms with van der Waals surface area (Å²) < 4.78 is 5.89. The van der Waals surface area contributed by atoms with E-state index in [-0.39, 0.29) is 5.91 Å². The molecule has 1 amide bonds. The molecular formula is C18H20N2O4. The van der Waals surface area contributed by atoms with E-state index in [1.165, 1.54) is 0 Å². The van der Waals surface area contributed by atoms with Crippen molar-refractivity contribution in [3.63, 3.8) is 0 Å². The molecule has 2 fully saturated rings. The molecule has 0 aromatic heterocycles. The first-order valence-corrected chi connectivity index (χ1v) is 8.06. The molecule has 24 heavy (non-hydrogen) atoms. The van der Waals surface area contributed by atoms with E-state index < -0.39 is 29.5 Å². The van der Waals surface area contributed by atoms with Gasteiger partial charge in [-0.3, -0.25) is 9.59 Å². The summed E-state index contributed by atoms with van der Waals surface area (Å²) in [4.78, 5) is 28.1. The van der Waals surface area contributed by atoms with E-state index in [1.54, 1.807) is 11.0 Å². The summed E-state index contributed by atoms with van der Waals surface area (Å²) in [5.41, 5.74) is 1.36. The van der Waals surface area contributed by atoms with Crippen molar-refractivity contribution in [3.05, 3.63) is 42.0 Å². The topological polar surface area (TPSA) is 70.1 Å². The monoisotopic (exact) mass is 328 g/mol. The Labute approximate surface area is 140 Å². The molecule has 126 valence electrons. The number of nitrogens with zero attached hydrogens (tertiary/aromatic N) is 2. The van der Waals surface area contributed by atoms with Crippen LogP contribution in [0.1, 0.15) is 5.56 Å². The molecular weight excluding hydrogens is 308 g/mol. The molecule has 2 bridgehead atoms. The summed E-state index contributed by atoms with van der Waals surface area (Å²) in [6.45, 7) is 0.891. The number of carboxylic acid groups (broad SMARTS) is 1. The molecule has 0 saturated carbocycles. The molecule has 1 spiro atoms. The van der Waals surface area contributed by atoms with Gasteiger partial charge in [0.05, 0.1) is 18.6 Å². The Morgan fingerprint density at radius 1 is 1.38 bits per heavy atom. The summed E-state index contributed by atoms with van der Waals surface area (Å²) in [6.07, 6.45) is 3.20. The molecule has 3 heterocycles. The van der Waals surface area contributed by atoms with Gasteiger partial charge < -0.3 is 19.6 Å². The third-order valence-corrected chi connectivity index (χ3v) is 5.29. The fraction of sp³-hybridized carbons (Fsp3) is 0.444. The Hall–Kier alpha value is -2.34. The molecule has 4 rings (SSSR count). The van der Waals surface area contributed by atoms with Crippen LogP contribution >= 0.6 is 0 Å². The summed E-state index contributed by atoms with van der Waals surface area (Å²) in [5, 5.41) is 9.47. The van der Waals surface area contributed by atoms with Gasteiger partial charge in [-0.05, 0) is 17.7 Å². The number of fused-ring (bicyclic) bond motifs is 1. The van der Waals surface area contributed by atoms with Gasteiger partial charge >= 0.3 is 5.97 Å². The van der Waals surface area contributed by atoms with E-state index >= 15 is 0 Å². The van der Waals surface area contributed by atoms with Crippen LogP contribution in [0.15, 0.2) is 36.4 Å². The van der Waals surface area contributed by atoms with E-state index in [9.17, 15) is 14.7 Å². The second kappa shape index (κ2) is 5.08. The second-order valence-corrected chi connectivity index (χ2v) is 6.99. The average molecular weight is 328 g/mol. The van der Waals surface area contributed by atoms with Crippen molar-refractivity contribution in [2.75, 3.05) is 25.5 Å². The van der Waals surface area contributed by atoms with Crippen molar-refractivity contribution in [2.24, 2.45) is 11.8 Å². The van der Waals surface area contributed by atoms with Crippen molar-refractivity contribution in [3.8, 4) is 0 Å². The van der Waals surface area contributed by atoms with Gasteiger partial charge in [0.25, 0.3) is 0 Å². The van der Waals surface area contributed by atoms with Crippen molar-refractivity contribution in [2.45, 2.75) is 18.2 Å². The van der Waals surface area contributed by atoms with Crippen LogP contribution in [0.2, 0.25) is 0 Å². The Balaban J connectivity index is 1.55. The van der Waals surface area contributed by atoms with E-state index in [0.29, 0.717) is 13.1 Å². The van der Waals surface area contributed by atoms with E-state index in [4.69, 9.17) is 4.74 Å². The van der Waals surface area contributed by atoms with Crippen molar-refractivity contribution >= 4 is 17.6 Å². The van der Waals surface area contributed by atoms with Crippen LogP contribution in [0.3, 0.4) is 0 Å². The molecule has 6 heteroatoms. The molecule has 0 unspecified atom stereocenters. The SMILES string of the molecule is CN(C)c1ccc(CN2C[C@@]34C=C[C@@H](O3)[C@@H](C(=O)O)[C@@H]4C2=O)cc1. The number of amides is 1. The minimum absolute atomic E-state index is 0.120. The van der Waals surface area contributed by atoms with Gasteiger partial charge in [-0.15, -0.1) is 0 Å². The number of rotatable bonds is 4. The number of carbonyl (C=O) groups is 2. The quantitative estimate of drug-likeness (QED) is 0.839. The highest BCUT2D eigenvalue weighted by molar-refractivity contribution is 5.90. The van der Waals surface area contributed by atoms with Gasteiger partial charge in [-0.25, -0.2) is 0 Å². The summed E-state index contributed by atoms with van der Waals surface area (Å²) in [5.74, 6) is -2.46. The molecule has 6 nitrogen and oxygen atoms in total. The number of hydrogen-bond acceptors (Lipinski definition) is 4. The van der Waals surface area contributed by atoms with Gasteiger partial charge in [0, 0.05) is 26.3 Å². The van der Waals surface area contributed by atoms with Gasteiger partial charge in [0.1, 0.15) is 11.5 Å². The fourth-order valence-electron chi connectivity index (χ4n) is 4.11. The summed E-state index contributed by atoms with van der Waals surface area (Å²) >= 11 is 0. The number of hydrogen-bond donors (Lipinski definition) is 1. The standard InChI is InChI=1S/C18H20N2O4/c1-19(2)12-5-3-11(4-6-12)9-20-10-18-8-7-13(24-18)14(17(22)23)15(18)16(20)21/h3-8,13-15H,9-10H2,1-2H3,(H,22,23)/t13-,14-,15-,18-/m1/s1. The van der Waals surface area contributed by atoms with Crippen LogP contribution in [0.4, 0.5) is 5.69 Å². The van der Waals surface area contributed by atoms with E-state index in [2.05, 4.69) is 0 Å². The number of carbonyl (C=O) groups excluding carboxylic acids is 1. The van der Waals surface area contributed by atoms with Crippen LogP contribution in [-0.2, 0) is 20.9 Å². The maximum Gasteiger partial charge on any atom is 0.310 e. The molecule has 0 aliphatic carbocycles. The third-order valence-electron chi connectivity index (χ3n) is 5.29. The third kappa shape index (κ3) is 2.06. The van der Waals surface area contributed by atoms with Crippen molar-refractivity contribution < 1.29 is 19.4 Å².